The summed E-state index contributed by atoms with van der Waals surface area (Å²) in [5.41, 5.74) is 3.63. The van der Waals surface area contributed by atoms with Gasteiger partial charge in [0.25, 0.3) is 5.91 Å². The van der Waals surface area contributed by atoms with Crippen molar-refractivity contribution in [1.82, 2.24) is 10.6 Å². The molecule has 3 rings (SSSR count). The predicted octanol–water partition coefficient (Wildman–Crippen LogP) is 2.34. The van der Waals surface area contributed by atoms with E-state index < -0.39 is 0 Å². The number of likely N-dealkylation sites (N-methyl/N-ethyl adjacent to an activating group) is 1. The normalized spacial score (nSPS) is 13.3. The Bertz CT molecular complexity index is 819. The van der Waals surface area contributed by atoms with Crippen molar-refractivity contribution in [3.63, 3.8) is 0 Å². The fraction of sp³-hybridized carbons (Fsp3) is 0.333. The van der Waals surface area contributed by atoms with Crippen molar-refractivity contribution in [1.29, 1.82) is 0 Å². The highest BCUT2D eigenvalue weighted by atomic mass is 16.5. The SMILES string of the molecule is CCNC(=O)COc1cccc(CNC(=NC)N2CCc3ccccc32)c1. The molecule has 6 heteroatoms. The van der Waals surface area contributed by atoms with Gasteiger partial charge >= 0.3 is 0 Å². The molecule has 6 nitrogen and oxygen atoms in total. The second kappa shape index (κ2) is 9.07. The zero-order valence-electron chi connectivity index (χ0n) is 15.9. The number of amides is 1. The summed E-state index contributed by atoms with van der Waals surface area (Å²) in [6.07, 6.45) is 1.03. The van der Waals surface area contributed by atoms with Gasteiger partial charge in [0.05, 0.1) is 0 Å². The second-order valence-electron chi connectivity index (χ2n) is 6.32. The number of carbonyl (C=O) groups excluding carboxylic acids is 1. The average Bonchev–Trinajstić information content (AvgIpc) is 3.12. The Morgan fingerprint density at radius 1 is 1.19 bits per heavy atom. The predicted molar refractivity (Wildman–Crippen MR) is 108 cm³/mol. The molecule has 142 valence electrons. The second-order valence-corrected chi connectivity index (χ2v) is 6.32. The van der Waals surface area contributed by atoms with Crippen LogP contribution in [0.5, 0.6) is 5.75 Å². The first-order chi connectivity index (χ1) is 13.2. The minimum absolute atomic E-state index is 0.0248. The largest absolute Gasteiger partial charge is 0.484 e. The van der Waals surface area contributed by atoms with Crippen LogP contribution in [0.4, 0.5) is 5.69 Å². The van der Waals surface area contributed by atoms with Gasteiger partial charge < -0.3 is 20.3 Å². The molecular formula is C21H26N4O2. The van der Waals surface area contributed by atoms with Crippen LogP contribution in [0.1, 0.15) is 18.1 Å². The number of carbonyl (C=O) groups is 1. The molecule has 27 heavy (non-hydrogen) atoms. The molecule has 0 bridgehead atoms. The smallest absolute Gasteiger partial charge is 0.257 e. The van der Waals surface area contributed by atoms with Crippen LogP contribution in [0, 0.1) is 0 Å². The fourth-order valence-corrected chi connectivity index (χ4v) is 3.18. The van der Waals surface area contributed by atoms with E-state index in [1.54, 1.807) is 7.05 Å². The Hall–Kier alpha value is -3.02. The summed E-state index contributed by atoms with van der Waals surface area (Å²) in [6, 6.07) is 16.2. The molecule has 0 atom stereocenters. The highest BCUT2D eigenvalue weighted by Crippen LogP contribution is 2.27. The number of fused-ring (bicyclic) bond motifs is 1. The van der Waals surface area contributed by atoms with Gasteiger partial charge in [-0.05, 0) is 42.7 Å². The van der Waals surface area contributed by atoms with E-state index in [4.69, 9.17) is 4.74 Å². The number of nitrogens with zero attached hydrogens (tertiary/aromatic N) is 2. The summed E-state index contributed by atoms with van der Waals surface area (Å²) in [5, 5.41) is 6.14. The molecule has 2 aromatic carbocycles. The number of nitrogens with one attached hydrogen (secondary N) is 2. The van der Waals surface area contributed by atoms with Crippen molar-refractivity contribution in [3.8, 4) is 5.75 Å². The summed E-state index contributed by atoms with van der Waals surface area (Å²) in [6.45, 7) is 4.07. The van der Waals surface area contributed by atoms with E-state index in [1.807, 2.05) is 31.2 Å². The van der Waals surface area contributed by atoms with E-state index in [1.165, 1.54) is 11.3 Å². The van der Waals surface area contributed by atoms with Crippen LogP contribution < -0.4 is 20.3 Å². The van der Waals surface area contributed by atoms with Gasteiger partial charge in [-0.3, -0.25) is 9.79 Å². The molecule has 1 heterocycles. The lowest BCUT2D eigenvalue weighted by Gasteiger charge is -2.22. The third-order valence-electron chi connectivity index (χ3n) is 4.45. The van der Waals surface area contributed by atoms with Crippen molar-refractivity contribution in [2.75, 3.05) is 31.6 Å². The number of hydrogen-bond donors (Lipinski definition) is 2. The van der Waals surface area contributed by atoms with Crippen LogP contribution in [0.2, 0.25) is 0 Å². The number of guanidine groups is 1. The molecular weight excluding hydrogens is 340 g/mol. The van der Waals surface area contributed by atoms with Crippen molar-refractivity contribution in [2.45, 2.75) is 19.9 Å². The Labute approximate surface area is 160 Å². The monoisotopic (exact) mass is 366 g/mol. The van der Waals surface area contributed by atoms with Crippen molar-refractivity contribution >= 4 is 17.6 Å². The average molecular weight is 366 g/mol. The van der Waals surface area contributed by atoms with E-state index >= 15 is 0 Å². The summed E-state index contributed by atoms with van der Waals surface area (Å²) < 4.78 is 5.56. The lowest BCUT2D eigenvalue weighted by Crippen LogP contribution is -2.40. The quantitative estimate of drug-likeness (QED) is 0.608. The zero-order valence-corrected chi connectivity index (χ0v) is 15.9. The minimum Gasteiger partial charge on any atom is -0.484 e. The van der Waals surface area contributed by atoms with Gasteiger partial charge in [0, 0.05) is 32.4 Å². The molecule has 0 saturated carbocycles. The molecule has 0 spiro atoms. The number of benzene rings is 2. The Morgan fingerprint density at radius 2 is 2.04 bits per heavy atom. The lowest BCUT2D eigenvalue weighted by molar-refractivity contribution is -0.122. The van der Waals surface area contributed by atoms with E-state index in [0.717, 1.165) is 24.5 Å². The van der Waals surface area contributed by atoms with Gasteiger partial charge in [-0.15, -0.1) is 0 Å². The topological polar surface area (TPSA) is 66.0 Å². The highest BCUT2D eigenvalue weighted by Gasteiger charge is 2.22. The maximum atomic E-state index is 11.5. The fourth-order valence-electron chi connectivity index (χ4n) is 3.18. The molecule has 0 aliphatic carbocycles. The number of aliphatic imine (C=N–C) groups is 1. The molecule has 0 saturated heterocycles. The number of rotatable bonds is 6. The number of para-hydroxylation sites is 1. The van der Waals surface area contributed by atoms with Gasteiger partial charge in [-0.25, -0.2) is 0 Å². The van der Waals surface area contributed by atoms with Crippen LogP contribution in [0.25, 0.3) is 0 Å². The summed E-state index contributed by atoms with van der Waals surface area (Å²) in [4.78, 5) is 18.2. The van der Waals surface area contributed by atoms with Crippen LogP contribution >= 0.6 is 0 Å². The van der Waals surface area contributed by atoms with Crippen LogP contribution in [0.3, 0.4) is 0 Å². The molecule has 0 unspecified atom stereocenters. The minimum atomic E-state index is -0.117. The zero-order chi connectivity index (χ0) is 19.1. The molecule has 0 radical (unpaired) electrons. The number of hydrogen-bond acceptors (Lipinski definition) is 3. The molecule has 1 aliphatic heterocycles. The maximum Gasteiger partial charge on any atom is 0.257 e. The number of anilines is 1. The van der Waals surface area contributed by atoms with Gasteiger partial charge in [-0.1, -0.05) is 30.3 Å². The first-order valence-corrected chi connectivity index (χ1v) is 9.25. The first kappa shape index (κ1) is 18.8. The maximum absolute atomic E-state index is 11.5. The van der Waals surface area contributed by atoms with Crippen LogP contribution in [0.15, 0.2) is 53.5 Å². The van der Waals surface area contributed by atoms with Crippen LogP contribution in [-0.4, -0.2) is 38.6 Å². The van der Waals surface area contributed by atoms with Crippen LogP contribution in [-0.2, 0) is 17.8 Å². The molecule has 1 aliphatic rings. The van der Waals surface area contributed by atoms with Crippen molar-refractivity contribution < 1.29 is 9.53 Å². The summed E-state index contributed by atoms with van der Waals surface area (Å²) in [7, 11) is 1.80. The van der Waals surface area contributed by atoms with Gasteiger partial charge in [0.2, 0.25) is 0 Å². The molecule has 0 fully saturated rings. The standard InChI is InChI=1S/C21H26N4O2/c1-3-23-20(26)15-27-18-9-6-7-16(13-18)14-24-21(22-2)25-12-11-17-8-4-5-10-19(17)25/h4-10,13H,3,11-12,14-15H2,1-2H3,(H,22,24)(H,23,26). The van der Waals surface area contributed by atoms with Gasteiger partial charge in [0.1, 0.15) is 5.75 Å². The van der Waals surface area contributed by atoms with Crippen molar-refractivity contribution in [2.24, 2.45) is 4.99 Å². The van der Waals surface area contributed by atoms with Crippen molar-refractivity contribution in [3.05, 3.63) is 59.7 Å². The molecule has 1 amide bonds. The first-order valence-electron chi connectivity index (χ1n) is 9.25. The Balaban J connectivity index is 1.59. The molecule has 2 aromatic rings. The Morgan fingerprint density at radius 3 is 2.85 bits per heavy atom. The van der Waals surface area contributed by atoms with Gasteiger partial charge in [-0.2, -0.15) is 0 Å². The highest BCUT2D eigenvalue weighted by molar-refractivity contribution is 5.97. The molecule has 2 N–H and O–H groups in total. The summed E-state index contributed by atoms with van der Waals surface area (Å²) >= 11 is 0. The third kappa shape index (κ3) is 4.78. The summed E-state index contributed by atoms with van der Waals surface area (Å²) in [5.74, 6) is 1.42. The van der Waals surface area contributed by atoms with E-state index in [9.17, 15) is 4.79 Å². The van der Waals surface area contributed by atoms with E-state index in [0.29, 0.717) is 18.8 Å². The Kier molecular flexibility index (Phi) is 6.30. The van der Waals surface area contributed by atoms with E-state index in [2.05, 4.69) is 44.8 Å². The lowest BCUT2D eigenvalue weighted by atomic mass is 10.2. The number of ether oxygens (including phenoxy) is 1. The van der Waals surface area contributed by atoms with Gasteiger partial charge in [0.15, 0.2) is 12.6 Å². The molecule has 0 aromatic heterocycles. The third-order valence-corrected chi connectivity index (χ3v) is 4.45. The van der Waals surface area contributed by atoms with E-state index in [-0.39, 0.29) is 12.5 Å².